The average molecular weight is 247 g/mol. The predicted octanol–water partition coefficient (Wildman–Crippen LogP) is 4.21. The fourth-order valence-electron chi connectivity index (χ4n) is 2.09. The van der Waals surface area contributed by atoms with Crippen LogP contribution in [0.1, 0.15) is 52.2 Å². The molecule has 0 saturated heterocycles. The van der Waals surface area contributed by atoms with Gasteiger partial charge < -0.3 is 5.32 Å². The number of hydrogen-bond acceptors (Lipinski definition) is 1. The summed E-state index contributed by atoms with van der Waals surface area (Å²) in [6.45, 7) is 12.3. The smallest absolute Gasteiger partial charge is 0.00966 e. The molecule has 0 fully saturated rings. The van der Waals surface area contributed by atoms with Gasteiger partial charge in [-0.05, 0) is 57.2 Å². The van der Waals surface area contributed by atoms with Crippen LogP contribution < -0.4 is 5.32 Å². The standard InChI is InChI=1S/C17H29N/c1-6-7-15-8-10-16(11-9-15)12-14(2)13-18-17(3,4)5/h8-11,14,18H,6-7,12-13H2,1-5H3. The number of nitrogens with one attached hydrogen (secondary N) is 1. The van der Waals surface area contributed by atoms with Crippen molar-refractivity contribution < 1.29 is 0 Å². The molecule has 0 aliphatic heterocycles. The normalized spacial score (nSPS) is 13.6. The fourth-order valence-corrected chi connectivity index (χ4v) is 2.09. The van der Waals surface area contributed by atoms with Gasteiger partial charge in [-0.2, -0.15) is 0 Å². The Morgan fingerprint density at radius 3 is 2.11 bits per heavy atom. The molecule has 1 aromatic rings. The van der Waals surface area contributed by atoms with E-state index in [1.807, 2.05) is 0 Å². The maximum Gasteiger partial charge on any atom is 0.00966 e. The summed E-state index contributed by atoms with van der Waals surface area (Å²) in [5.41, 5.74) is 3.14. The monoisotopic (exact) mass is 247 g/mol. The molecule has 18 heavy (non-hydrogen) atoms. The van der Waals surface area contributed by atoms with Crippen LogP contribution in [0.5, 0.6) is 0 Å². The second-order valence-corrected chi connectivity index (χ2v) is 6.51. The molecule has 102 valence electrons. The molecule has 0 heterocycles. The average Bonchev–Trinajstić information content (AvgIpc) is 2.29. The maximum absolute atomic E-state index is 3.57. The van der Waals surface area contributed by atoms with Gasteiger partial charge in [-0.1, -0.05) is 44.5 Å². The topological polar surface area (TPSA) is 12.0 Å². The molecular formula is C17H29N. The van der Waals surface area contributed by atoms with Gasteiger partial charge in [-0.25, -0.2) is 0 Å². The third-order valence-corrected chi connectivity index (χ3v) is 3.13. The highest BCUT2D eigenvalue weighted by atomic mass is 14.9. The number of hydrogen-bond donors (Lipinski definition) is 1. The lowest BCUT2D eigenvalue weighted by Gasteiger charge is -2.23. The van der Waals surface area contributed by atoms with Gasteiger partial charge in [0.1, 0.15) is 0 Å². The lowest BCUT2D eigenvalue weighted by Crippen LogP contribution is -2.39. The largest absolute Gasteiger partial charge is 0.312 e. The van der Waals surface area contributed by atoms with Crippen LogP contribution in [0.3, 0.4) is 0 Å². The Balaban J connectivity index is 2.41. The molecule has 1 N–H and O–H groups in total. The summed E-state index contributed by atoms with van der Waals surface area (Å²) < 4.78 is 0. The molecule has 1 atom stereocenters. The van der Waals surface area contributed by atoms with E-state index in [2.05, 4.69) is 64.2 Å². The van der Waals surface area contributed by atoms with Gasteiger partial charge in [0.15, 0.2) is 0 Å². The molecule has 1 unspecified atom stereocenters. The van der Waals surface area contributed by atoms with E-state index in [0.29, 0.717) is 5.92 Å². The van der Waals surface area contributed by atoms with Crippen LogP contribution in [-0.2, 0) is 12.8 Å². The third-order valence-electron chi connectivity index (χ3n) is 3.13. The molecule has 0 aliphatic carbocycles. The first-order valence-corrected chi connectivity index (χ1v) is 7.23. The van der Waals surface area contributed by atoms with E-state index in [9.17, 15) is 0 Å². The van der Waals surface area contributed by atoms with Crippen molar-refractivity contribution in [1.29, 1.82) is 0 Å². The summed E-state index contributed by atoms with van der Waals surface area (Å²) in [6, 6.07) is 9.14. The highest BCUT2D eigenvalue weighted by Gasteiger charge is 2.11. The molecule has 0 saturated carbocycles. The van der Waals surface area contributed by atoms with Crippen LogP contribution in [0.25, 0.3) is 0 Å². The zero-order valence-corrected chi connectivity index (χ0v) is 12.7. The zero-order valence-electron chi connectivity index (χ0n) is 12.7. The molecule has 1 aromatic carbocycles. The fraction of sp³-hybridized carbons (Fsp3) is 0.647. The summed E-state index contributed by atoms with van der Waals surface area (Å²) >= 11 is 0. The van der Waals surface area contributed by atoms with E-state index in [4.69, 9.17) is 0 Å². The summed E-state index contributed by atoms with van der Waals surface area (Å²) in [5.74, 6) is 0.682. The Bertz CT molecular complexity index is 332. The van der Waals surface area contributed by atoms with Gasteiger partial charge in [0.2, 0.25) is 0 Å². The van der Waals surface area contributed by atoms with Crippen LogP contribution in [-0.4, -0.2) is 12.1 Å². The molecule has 1 heteroatoms. The minimum absolute atomic E-state index is 0.221. The summed E-state index contributed by atoms with van der Waals surface area (Å²) in [6.07, 6.45) is 3.59. The van der Waals surface area contributed by atoms with E-state index >= 15 is 0 Å². The van der Waals surface area contributed by atoms with Crippen LogP contribution in [0.15, 0.2) is 24.3 Å². The van der Waals surface area contributed by atoms with E-state index in [1.54, 1.807) is 0 Å². The minimum atomic E-state index is 0.221. The molecule has 0 bridgehead atoms. The minimum Gasteiger partial charge on any atom is -0.312 e. The molecule has 0 aromatic heterocycles. The van der Waals surface area contributed by atoms with Crippen LogP contribution in [0.2, 0.25) is 0 Å². The summed E-state index contributed by atoms with van der Waals surface area (Å²) in [5, 5.41) is 3.57. The van der Waals surface area contributed by atoms with Crippen molar-refractivity contribution in [3.63, 3.8) is 0 Å². The van der Waals surface area contributed by atoms with E-state index in [1.165, 1.54) is 24.0 Å². The quantitative estimate of drug-likeness (QED) is 0.794. The van der Waals surface area contributed by atoms with Gasteiger partial charge in [-0.15, -0.1) is 0 Å². The van der Waals surface area contributed by atoms with Crippen molar-refractivity contribution in [3.8, 4) is 0 Å². The lowest BCUT2D eigenvalue weighted by atomic mass is 9.98. The van der Waals surface area contributed by atoms with Gasteiger partial charge >= 0.3 is 0 Å². The molecule has 0 spiro atoms. The highest BCUT2D eigenvalue weighted by Crippen LogP contribution is 2.12. The highest BCUT2D eigenvalue weighted by molar-refractivity contribution is 5.23. The van der Waals surface area contributed by atoms with Gasteiger partial charge in [0, 0.05) is 5.54 Å². The SMILES string of the molecule is CCCc1ccc(CC(C)CNC(C)(C)C)cc1. The number of benzene rings is 1. The Labute approximate surface area is 113 Å². The first kappa shape index (κ1) is 15.2. The van der Waals surface area contributed by atoms with Gasteiger partial charge in [0.25, 0.3) is 0 Å². The number of aryl methyl sites for hydroxylation is 1. The number of rotatable bonds is 6. The summed E-state index contributed by atoms with van der Waals surface area (Å²) in [4.78, 5) is 0. The first-order valence-electron chi connectivity index (χ1n) is 7.23. The lowest BCUT2D eigenvalue weighted by molar-refractivity contribution is 0.381. The third kappa shape index (κ3) is 6.20. The Morgan fingerprint density at radius 2 is 1.61 bits per heavy atom. The Kier molecular flexibility index (Phi) is 5.87. The Hall–Kier alpha value is -0.820. The van der Waals surface area contributed by atoms with Crippen molar-refractivity contribution >= 4 is 0 Å². The van der Waals surface area contributed by atoms with Crippen molar-refractivity contribution in [3.05, 3.63) is 35.4 Å². The van der Waals surface area contributed by atoms with Crippen LogP contribution >= 0.6 is 0 Å². The van der Waals surface area contributed by atoms with Crippen LogP contribution in [0.4, 0.5) is 0 Å². The summed E-state index contributed by atoms with van der Waals surface area (Å²) in [7, 11) is 0. The molecular weight excluding hydrogens is 218 g/mol. The zero-order chi connectivity index (χ0) is 13.6. The van der Waals surface area contributed by atoms with Gasteiger partial charge in [0.05, 0.1) is 0 Å². The van der Waals surface area contributed by atoms with E-state index in [-0.39, 0.29) is 5.54 Å². The van der Waals surface area contributed by atoms with Gasteiger partial charge in [-0.3, -0.25) is 0 Å². The Morgan fingerprint density at radius 1 is 1.06 bits per heavy atom. The molecule has 1 rings (SSSR count). The van der Waals surface area contributed by atoms with Crippen molar-refractivity contribution in [2.24, 2.45) is 5.92 Å². The van der Waals surface area contributed by atoms with Crippen molar-refractivity contribution in [2.75, 3.05) is 6.54 Å². The second kappa shape index (κ2) is 6.94. The van der Waals surface area contributed by atoms with E-state index in [0.717, 1.165) is 13.0 Å². The molecule has 1 nitrogen and oxygen atoms in total. The maximum atomic E-state index is 3.57. The predicted molar refractivity (Wildman–Crippen MR) is 81.1 cm³/mol. The van der Waals surface area contributed by atoms with Crippen molar-refractivity contribution in [1.82, 2.24) is 5.32 Å². The second-order valence-electron chi connectivity index (χ2n) is 6.51. The molecule has 0 radical (unpaired) electrons. The molecule has 0 aliphatic rings. The van der Waals surface area contributed by atoms with Crippen molar-refractivity contribution in [2.45, 2.75) is 59.4 Å². The van der Waals surface area contributed by atoms with E-state index < -0.39 is 0 Å². The van der Waals surface area contributed by atoms with Crippen LogP contribution in [0, 0.1) is 5.92 Å². The molecule has 0 amide bonds. The first-order chi connectivity index (χ1) is 8.40.